The Hall–Kier alpha value is -0.440. The summed E-state index contributed by atoms with van der Waals surface area (Å²) in [5.41, 5.74) is 0. The number of piperidine rings is 1. The first-order valence-corrected chi connectivity index (χ1v) is 6.79. The van der Waals surface area contributed by atoms with E-state index >= 15 is 0 Å². The van der Waals surface area contributed by atoms with Crippen LogP contribution in [0.5, 0.6) is 5.75 Å². The largest absolute Gasteiger partial charge is 0.493 e. The number of benzene rings is 1. The second-order valence-corrected chi connectivity index (χ2v) is 5.33. The zero-order valence-corrected chi connectivity index (χ0v) is 11.2. The molecular weight excluding hydrogens is 257 g/mol. The second-order valence-electron chi connectivity index (χ2n) is 4.45. The van der Waals surface area contributed by atoms with Gasteiger partial charge in [-0.2, -0.15) is 0 Å². The molecule has 1 atom stereocenters. The molecule has 0 aliphatic carbocycles. The molecule has 1 aliphatic rings. The molecule has 1 aromatic carbocycles. The highest BCUT2D eigenvalue weighted by molar-refractivity contribution is 6.34. The van der Waals surface area contributed by atoms with E-state index in [4.69, 9.17) is 27.9 Å². The lowest BCUT2D eigenvalue weighted by atomic mass is 9.97. The normalized spacial score (nSPS) is 20.2. The Morgan fingerprint density at radius 3 is 2.65 bits per heavy atom. The fourth-order valence-electron chi connectivity index (χ4n) is 2.13. The molecule has 1 heterocycles. The Morgan fingerprint density at radius 2 is 2.00 bits per heavy atom. The average molecular weight is 274 g/mol. The number of nitrogens with one attached hydrogen (secondary N) is 1. The second kappa shape index (κ2) is 6.48. The fraction of sp³-hybridized carbons (Fsp3) is 0.538. The molecule has 1 saturated heterocycles. The average Bonchev–Trinajstić information content (AvgIpc) is 2.29. The van der Waals surface area contributed by atoms with Gasteiger partial charge in [-0.05, 0) is 56.5 Å². The molecule has 0 aromatic heterocycles. The molecule has 17 heavy (non-hydrogen) atoms. The van der Waals surface area contributed by atoms with Crippen LogP contribution < -0.4 is 10.1 Å². The summed E-state index contributed by atoms with van der Waals surface area (Å²) in [4.78, 5) is 0. The highest BCUT2D eigenvalue weighted by Gasteiger charge is 2.12. The Balaban J connectivity index is 1.77. The van der Waals surface area contributed by atoms with E-state index < -0.39 is 0 Å². The van der Waals surface area contributed by atoms with Crippen LogP contribution in [0.1, 0.15) is 19.3 Å². The summed E-state index contributed by atoms with van der Waals surface area (Å²) in [5, 5.41) is 4.64. The number of rotatable bonds is 4. The van der Waals surface area contributed by atoms with Crippen molar-refractivity contribution in [3.8, 4) is 5.75 Å². The lowest BCUT2D eigenvalue weighted by molar-refractivity contribution is 0.254. The first kappa shape index (κ1) is 13.0. The van der Waals surface area contributed by atoms with E-state index in [-0.39, 0.29) is 0 Å². The summed E-state index contributed by atoms with van der Waals surface area (Å²) in [6.07, 6.45) is 3.65. The van der Waals surface area contributed by atoms with Gasteiger partial charge in [0, 0.05) is 10.0 Å². The van der Waals surface area contributed by atoms with Crippen molar-refractivity contribution < 1.29 is 4.74 Å². The van der Waals surface area contributed by atoms with Crippen molar-refractivity contribution in [2.45, 2.75) is 19.3 Å². The van der Waals surface area contributed by atoms with Gasteiger partial charge in [0.1, 0.15) is 5.75 Å². The smallest absolute Gasteiger partial charge is 0.122 e. The lowest BCUT2D eigenvalue weighted by Gasteiger charge is -2.22. The minimum Gasteiger partial charge on any atom is -0.493 e. The summed E-state index contributed by atoms with van der Waals surface area (Å²) in [5.74, 6) is 1.49. The van der Waals surface area contributed by atoms with Crippen molar-refractivity contribution in [3.63, 3.8) is 0 Å². The molecule has 2 nitrogen and oxygen atoms in total. The van der Waals surface area contributed by atoms with Crippen LogP contribution in [0.2, 0.25) is 10.0 Å². The number of ether oxygens (including phenoxy) is 1. The van der Waals surface area contributed by atoms with Gasteiger partial charge in [-0.25, -0.2) is 0 Å². The van der Waals surface area contributed by atoms with Crippen molar-refractivity contribution >= 4 is 23.2 Å². The van der Waals surface area contributed by atoms with Gasteiger partial charge < -0.3 is 10.1 Å². The summed E-state index contributed by atoms with van der Waals surface area (Å²) < 4.78 is 5.67. The van der Waals surface area contributed by atoms with Crippen molar-refractivity contribution in [1.82, 2.24) is 5.32 Å². The Morgan fingerprint density at radius 1 is 1.24 bits per heavy atom. The van der Waals surface area contributed by atoms with Crippen LogP contribution in [0.25, 0.3) is 0 Å². The lowest BCUT2D eigenvalue weighted by Crippen LogP contribution is -2.30. The van der Waals surface area contributed by atoms with Crippen molar-refractivity contribution in [2.24, 2.45) is 5.92 Å². The zero-order valence-electron chi connectivity index (χ0n) is 9.72. The van der Waals surface area contributed by atoms with Gasteiger partial charge in [0.15, 0.2) is 0 Å². The molecule has 0 amide bonds. The van der Waals surface area contributed by atoms with Gasteiger partial charge in [-0.15, -0.1) is 0 Å². The van der Waals surface area contributed by atoms with Crippen LogP contribution >= 0.6 is 23.2 Å². The van der Waals surface area contributed by atoms with Gasteiger partial charge in [-0.3, -0.25) is 0 Å². The molecular formula is C13H17Cl2NO. The van der Waals surface area contributed by atoms with E-state index in [2.05, 4.69) is 5.32 Å². The molecule has 1 aliphatic heterocycles. The van der Waals surface area contributed by atoms with Crippen molar-refractivity contribution in [2.75, 3.05) is 19.7 Å². The molecule has 4 heteroatoms. The highest BCUT2D eigenvalue weighted by atomic mass is 35.5. The first-order valence-electron chi connectivity index (χ1n) is 6.03. The molecule has 1 N–H and O–H groups in total. The van der Waals surface area contributed by atoms with Gasteiger partial charge in [-0.1, -0.05) is 23.2 Å². The van der Waals surface area contributed by atoms with Crippen LogP contribution in [0.4, 0.5) is 0 Å². The summed E-state index contributed by atoms with van der Waals surface area (Å²) in [6.45, 7) is 2.99. The quantitative estimate of drug-likeness (QED) is 0.902. The van der Waals surface area contributed by atoms with Crippen LogP contribution in [-0.2, 0) is 0 Å². The van der Waals surface area contributed by atoms with E-state index in [1.54, 1.807) is 18.2 Å². The molecule has 2 rings (SSSR count). The summed E-state index contributed by atoms with van der Waals surface area (Å²) >= 11 is 11.8. The van der Waals surface area contributed by atoms with Gasteiger partial charge in [0.2, 0.25) is 0 Å². The van der Waals surface area contributed by atoms with Crippen LogP contribution in [0.15, 0.2) is 18.2 Å². The maximum Gasteiger partial charge on any atom is 0.122 e. The molecule has 1 fully saturated rings. The Kier molecular flexibility index (Phi) is 4.96. The topological polar surface area (TPSA) is 21.3 Å². The van der Waals surface area contributed by atoms with E-state index in [9.17, 15) is 0 Å². The third kappa shape index (κ3) is 4.38. The number of hydrogen-bond acceptors (Lipinski definition) is 2. The first-order chi connectivity index (χ1) is 8.24. The molecule has 1 unspecified atom stereocenters. The molecule has 0 saturated carbocycles. The standard InChI is InChI=1S/C13H17Cl2NO/c14-11-6-12(15)8-13(7-11)17-5-3-10-2-1-4-16-9-10/h6-8,10,16H,1-5,9H2. The predicted octanol–water partition coefficient (Wildman–Crippen LogP) is 3.76. The van der Waals surface area contributed by atoms with E-state index in [0.29, 0.717) is 10.0 Å². The van der Waals surface area contributed by atoms with Crippen molar-refractivity contribution in [3.05, 3.63) is 28.2 Å². The third-order valence-electron chi connectivity index (χ3n) is 3.03. The molecule has 0 spiro atoms. The Labute approximate surface area is 112 Å². The monoisotopic (exact) mass is 273 g/mol. The highest BCUT2D eigenvalue weighted by Crippen LogP contribution is 2.24. The van der Waals surface area contributed by atoms with E-state index in [1.807, 2.05) is 0 Å². The number of halogens is 2. The van der Waals surface area contributed by atoms with E-state index in [1.165, 1.54) is 12.8 Å². The predicted molar refractivity (Wildman–Crippen MR) is 72.2 cm³/mol. The van der Waals surface area contributed by atoms with Crippen LogP contribution in [0, 0.1) is 5.92 Å². The van der Waals surface area contributed by atoms with Crippen molar-refractivity contribution in [1.29, 1.82) is 0 Å². The van der Waals surface area contributed by atoms with Gasteiger partial charge in [0.25, 0.3) is 0 Å². The summed E-state index contributed by atoms with van der Waals surface area (Å²) in [6, 6.07) is 5.31. The maximum absolute atomic E-state index is 5.90. The zero-order chi connectivity index (χ0) is 12.1. The minimum atomic E-state index is 0.617. The van der Waals surface area contributed by atoms with Gasteiger partial charge in [0.05, 0.1) is 6.61 Å². The van der Waals surface area contributed by atoms with Gasteiger partial charge >= 0.3 is 0 Å². The fourth-order valence-corrected chi connectivity index (χ4v) is 2.63. The molecule has 0 radical (unpaired) electrons. The maximum atomic E-state index is 5.90. The SMILES string of the molecule is Clc1cc(Cl)cc(OCCC2CCCNC2)c1. The molecule has 0 bridgehead atoms. The van der Waals surface area contributed by atoms with E-state index in [0.717, 1.165) is 37.8 Å². The Bertz CT molecular complexity index is 344. The molecule has 94 valence electrons. The minimum absolute atomic E-state index is 0.617. The molecule has 1 aromatic rings. The number of hydrogen-bond donors (Lipinski definition) is 1. The third-order valence-corrected chi connectivity index (χ3v) is 3.47. The van der Waals surface area contributed by atoms with Crippen LogP contribution in [-0.4, -0.2) is 19.7 Å². The summed E-state index contributed by atoms with van der Waals surface area (Å²) in [7, 11) is 0. The van der Waals surface area contributed by atoms with Crippen LogP contribution in [0.3, 0.4) is 0 Å².